The molecule has 0 saturated heterocycles. The van der Waals surface area contributed by atoms with Crippen molar-refractivity contribution in [1.82, 2.24) is 0 Å². The number of allylic oxidation sites excluding steroid dienone is 1. The van der Waals surface area contributed by atoms with Crippen molar-refractivity contribution < 1.29 is 29.0 Å². The van der Waals surface area contributed by atoms with E-state index in [-0.39, 0.29) is 47.6 Å². The average Bonchev–Trinajstić information content (AvgIpc) is 3.08. The normalized spacial score (nSPS) is 38.3. The molecule has 0 spiro atoms. The van der Waals surface area contributed by atoms with Crippen LogP contribution >= 0.6 is 0 Å². The molecule has 0 aromatic rings. The van der Waals surface area contributed by atoms with Crippen molar-refractivity contribution >= 4 is 23.3 Å². The number of esters is 1. The van der Waals surface area contributed by atoms with Crippen LogP contribution in [0.3, 0.4) is 0 Å². The van der Waals surface area contributed by atoms with E-state index in [1.165, 1.54) is 0 Å². The van der Waals surface area contributed by atoms with Crippen molar-refractivity contribution in [2.24, 2.45) is 28.6 Å². The number of ether oxygens (including phenoxy) is 1. The van der Waals surface area contributed by atoms with E-state index in [4.69, 9.17) is 4.74 Å². The Hall–Kier alpha value is -1.82. The van der Waals surface area contributed by atoms with Crippen molar-refractivity contribution in [1.29, 1.82) is 0 Å². The molecule has 4 rings (SSSR count). The predicted molar refractivity (Wildman–Crippen MR) is 131 cm³/mol. The summed E-state index contributed by atoms with van der Waals surface area (Å²) in [5.74, 6) is -0.609. The molecule has 0 bridgehead atoms. The van der Waals surface area contributed by atoms with Crippen LogP contribution in [-0.4, -0.2) is 40.6 Å². The molecule has 0 radical (unpaired) electrons. The summed E-state index contributed by atoms with van der Waals surface area (Å²) in [5, 5.41) is 11.7. The van der Waals surface area contributed by atoms with Gasteiger partial charge in [-0.1, -0.05) is 52.0 Å². The van der Waals surface area contributed by atoms with Crippen molar-refractivity contribution in [3.05, 3.63) is 11.6 Å². The number of carbonyl (C=O) groups is 4. The third-order valence-corrected chi connectivity index (χ3v) is 10.1. The molecule has 0 aliphatic heterocycles. The molecular formula is C29H42O6. The highest BCUT2D eigenvalue weighted by Crippen LogP contribution is 2.66. The lowest BCUT2D eigenvalue weighted by molar-refractivity contribution is -0.173. The van der Waals surface area contributed by atoms with Gasteiger partial charge in [0.1, 0.15) is 11.4 Å². The second-order valence-electron chi connectivity index (χ2n) is 12.0. The maximum Gasteiger partial charge on any atom is 0.306 e. The predicted octanol–water partition coefficient (Wildman–Crippen LogP) is 4.90. The van der Waals surface area contributed by atoms with E-state index in [2.05, 4.69) is 13.8 Å². The highest BCUT2D eigenvalue weighted by atomic mass is 16.5. The summed E-state index contributed by atoms with van der Waals surface area (Å²) in [6.45, 7) is 5.74. The lowest BCUT2D eigenvalue weighted by Gasteiger charge is -2.57. The van der Waals surface area contributed by atoms with Crippen molar-refractivity contribution in [3.8, 4) is 0 Å². The highest BCUT2D eigenvalue weighted by Gasteiger charge is 2.68. The minimum atomic E-state index is -1.65. The van der Waals surface area contributed by atoms with Gasteiger partial charge < -0.3 is 9.84 Å². The van der Waals surface area contributed by atoms with Gasteiger partial charge in [-0.15, -0.1) is 0 Å². The molecule has 0 aromatic heterocycles. The minimum Gasteiger partial charge on any atom is -0.458 e. The van der Waals surface area contributed by atoms with Crippen LogP contribution in [0.1, 0.15) is 104 Å². The molecule has 6 nitrogen and oxygen atoms in total. The van der Waals surface area contributed by atoms with Gasteiger partial charge in [0, 0.05) is 30.6 Å². The van der Waals surface area contributed by atoms with E-state index in [1.54, 1.807) is 6.08 Å². The SMILES string of the molecule is CCCCCCCC(=O)OCC(=O)C1(O)CCC2C3CCC4=CC(=O)CCC4(C)C3C(=O)CC21C. The number of carbonyl (C=O) groups excluding carboxylic acids is 4. The van der Waals surface area contributed by atoms with Crippen LogP contribution in [0.25, 0.3) is 0 Å². The smallest absolute Gasteiger partial charge is 0.306 e. The zero-order valence-corrected chi connectivity index (χ0v) is 21.7. The van der Waals surface area contributed by atoms with Crippen LogP contribution in [-0.2, 0) is 23.9 Å². The van der Waals surface area contributed by atoms with Crippen LogP contribution < -0.4 is 0 Å². The van der Waals surface area contributed by atoms with Crippen molar-refractivity contribution in [2.75, 3.05) is 6.61 Å². The maximum atomic E-state index is 13.7. The second kappa shape index (κ2) is 9.91. The minimum absolute atomic E-state index is 0.0596. The topological polar surface area (TPSA) is 97.7 Å². The lowest BCUT2D eigenvalue weighted by Crippen LogP contribution is -2.61. The van der Waals surface area contributed by atoms with Gasteiger partial charge in [-0.25, -0.2) is 0 Å². The number of fused-ring (bicyclic) bond motifs is 5. The Kier molecular flexibility index (Phi) is 7.43. The number of unbranched alkanes of at least 4 members (excludes halogenated alkanes) is 4. The van der Waals surface area contributed by atoms with Gasteiger partial charge in [0.15, 0.2) is 12.4 Å². The van der Waals surface area contributed by atoms with Gasteiger partial charge in [-0.2, -0.15) is 0 Å². The van der Waals surface area contributed by atoms with Crippen LogP contribution in [0.2, 0.25) is 0 Å². The number of ketones is 3. The zero-order valence-electron chi connectivity index (χ0n) is 21.7. The molecule has 4 aliphatic rings. The van der Waals surface area contributed by atoms with Crippen molar-refractivity contribution in [3.63, 3.8) is 0 Å². The largest absolute Gasteiger partial charge is 0.458 e. The van der Waals surface area contributed by atoms with Gasteiger partial charge in [-0.05, 0) is 61.9 Å². The molecule has 6 unspecified atom stereocenters. The van der Waals surface area contributed by atoms with Crippen LogP contribution in [0.15, 0.2) is 11.6 Å². The summed E-state index contributed by atoms with van der Waals surface area (Å²) < 4.78 is 5.27. The summed E-state index contributed by atoms with van der Waals surface area (Å²) in [5.41, 5.74) is -1.69. The van der Waals surface area contributed by atoms with E-state index >= 15 is 0 Å². The summed E-state index contributed by atoms with van der Waals surface area (Å²) in [4.78, 5) is 51.1. The molecule has 35 heavy (non-hydrogen) atoms. The molecule has 0 aromatic carbocycles. The first-order valence-electron chi connectivity index (χ1n) is 13.7. The second-order valence-corrected chi connectivity index (χ2v) is 12.0. The van der Waals surface area contributed by atoms with Crippen LogP contribution in [0.4, 0.5) is 0 Å². The molecule has 1 N–H and O–H groups in total. The number of Topliss-reactive ketones (excluding diaryl/α,β-unsaturated/α-hetero) is 2. The molecule has 3 fully saturated rings. The number of rotatable bonds is 9. The van der Waals surface area contributed by atoms with E-state index in [0.29, 0.717) is 25.7 Å². The molecule has 6 atom stereocenters. The van der Waals surface area contributed by atoms with Gasteiger partial charge >= 0.3 is 5.97 Å². The zero-order chi connectivity index (χ0) is 25.4. The fourth-order valence-corrected chi connectivity index (χ4v) is 8.06. The summed E-state index contributed by atoms with van der Waals surface area (Å²) in [6.07, 6.45) is 11.1. The Morgan fingerprint density at radius 3 is 2.54 bits per heavy atom. The Labute approximate surface area is 209 Å². The van der Waals surface area contributed by atoms with Gasteiger partial charge in [0.05, 0.1) is 0 Å². The maximum absolute atomic E-state index is 13.7. The van der Waals surface area contributed by atoms with E-state index < -0.39 is 29.4 Å². The van der Waals surface area contributed by atoms with Crippen LogP contribution in [0, 0.1) is 28.6 Å². The first kappa shape index (κ1) is 26.2. The first-order chi connectivity index (χ1) is 16.6. The van der Waals surface area contributed by atoms with Gasteiger partial charge in [0.2, 0.25) is 5.78 Å². The first-order valence-corrected chi connectivity index (χ1v) is 13.7. The molecule has 194 valence electrons. The summed E-state index contributed by atoms with van der Waals surface area (Å²) >= 11 is 0. The number of aliphatic hydroxyl groups is 1. The molecular weight excluding hydrogens is 444 g/mol. The van der Waals surface area contributed by atoms with Gasteiger partial charge in [0.25, 0.3) is 0 Å². The van der Waals surface area contributed by atoms with Gasteiger partial charge in [-0.3, -0.25) is 19.2 Å². The molecule has 0 amide bonds. The van der Waals surface area contributed by atoms with E-state index in [1.807, 2.05) is 6.92 Å². The third-order valence-electron chi connectivity index (χ3n) is 10.1. The molecule has 3 saturated carbocycles. The standard InChI is InChI=1S/C29H42O6/c1-4-5-6-7-8-9-25(33)35-18-24(32)29(34)15-13-22-21-11-10-19-16-20(30)12-14-27(19,2)26(21)23(31)17-28(22,29)3/h16,21-22,26,34H,4-15,17-18H2,1-3H3. The Morgan fingerprint density at radius 1 is 1.06 bits per heavy atom. The Bertz CT molecular complexity index is 920. The fraction of sp³-hybridized carbons (Fsp3) is 0.793. The van der Waals surface area contributed by atoms with Crippen molar-refractivity contribution in [2.45, 2.75) is 110 Å². The summed E-state index contributed by atoms with van der Waals surface area (Å²) in [7, 11) is 0. The summed E-state index contributed by atoms with van der Waals surface area (Å²) in [6, 6.07) is 0. The lowest BCUT2D eigenvalue weighted by atomic mass is 9.46. The highest BCUT2D eigenvalue weighted by molar-refractivity contribution is 5.95. The Balaban J connectivity index is 1.44. The van der Waals surface area contributed by atoms with E-state index in [0.717, 1.165) is 50.5 Å². The van der Waals surface area contributed by atoms with E-state index in [9.17, 15) is 24.3 Å². The van der Waals surface area contributed by atoms with Crippen LogP contribution in [0.5, 0.6) is 0 Å². The molecule has 0 heterocycles. The number of hydrogen-bond donors (Lipinski definition) is 1. The fourth-order valence-electron chi connectivity index (χ4n) is 8.06. The Morgan fingerprint density at radius 2 is 1.80 bits per heavy atom. The molecule has 6 heteroatoms. The number of hydrogen-bond acceptors (Lipinski definition) is 6. The monoisotopic (exact) mass is 486 g/mol. The average molecular weight is 487 g/mol. The third kappa shape index (κ3) is 4.45. The quantitative estimate of drug-likeness (QED) is 0.368. The molecule has 4 aliphatic carbocycles.